The summed E-state index contributed by atoms with van der Waals surface area (Å²) >= 11 is 0. The van der Waals surface area contributed by atoms with Crippen molar-refractivity contribution in [1.82, 2.24) is 20.1 Å². The van der Waals surface area contributed by atoms with Crippen LogP contribution in [0.5, 0.6) is 11.5 Å². The van der Waals surface area contributed by atoms with E-state index in [2.05, 4.69) is 20.1 Å². The average Bonchev–Trinajstić information content (AvgIpc) is 3.36. The van der Waals surface area contributed by atoms with E-state index >= 15 is 0 Å². The van der Waals surface area contributed by atoms with Gasteiger partial charge in [0.15, 0.2) is 5.58 Å². The zero-order chi connectivity index (χ0) is 21.8. The molecule has 164 valence electrons. The van der Waals surface area contributed by atoms with E-state index in [0.29, 0.717) is 29.7 Å². The van der Waals surface area contributed by atoms with Gasteiger partial charge in [-0.05, 0) is 45.4 Å². The average molecular weight is 425 g/mol. The Balaban J connectivity index is 1.33. The van der Waals surface area contributed by atoms with E-state index in [1.54, 1.807) is 12.1 Å². The molecule has 0 aliphatic rings. The van der Waals surface area contributed by atoms with Crippen molar-refractivity contribution < 1.29 is 18.9 Å². The van der Waals surface area contributed by atoms with Crippen LogP contribution in [-0.2, 0) is 12.8 Å². The summed E-state index contributed by atoms with van der Waals surface area (Å²) in [5.41, 5.74) is 2.34. The molecule has 2 aromatic carbocycles. The van der Waals surface area contributed by atoms with E-state index in [1.807, 2.05) is 45.4 Å². The second-order valence-corrected chi connectivity index (χ2v) is 7.99. The van der Waals surface area contributed by atoms with Crippen LogP contribution in [0.1, 0.15) is 11.5 Å². The predicted octanol–water partition coefficient (Wildman–Crippen LogP) is 3.33. The lowest BCUT2D eigenvalue weighted by Gasteiger charge is -2.16. The topological polar surface area (TPSA) is 88.0 Å². The van der Waals surface area contributed by atoms with E-state index in [0.717, 1.165) is 48.5 Å². The molecule has 2 aromatic heterocycles. The molecule has 2 heterocycles. The van der Waals surface area contributed by atoms with E-state index in [4.69, 9.17) is 13.8 Å². The molecule has 31 heavy (non-hydrogen) atoms. The highest BCUT2D eigenvalue weighted by atomic mass is 16.5. The van der Waals surface area contributed by atoms with Gasteiger partial charge in [-0.2, -0.15) is 0 Å². The number of ether oxygens (including phenoxy) is 1. The third-order valence-electron chi connectivity index (χ3n) is 5.33. The molecule has 0 saturated carbocycles. The van der Waals surface area contributed by atoms with Gasteiger partial charge in [-0.25, -0.2) is 0 Å². The van der Waals surface area contributed by atoms with Crippen LogP contribution in [0, 0.1) is 0 Å². The normalized spacial score (nSPS) is 11.9. The maximum Gasteiger partial charge on any atom is 0.170 e. The molecule has 0 aliphatic heterocycles. The molecule has 4 rings (SSSR count). The first kappa shape index (κ1) is 21.1. The molecule has 0 spiro atoms. The van der Waals surface area contributed by atoms with Crippen LogP contribution < -0.4 is 4.74 Å². The minimum Gasteiger partial charge on any atom is -0.507 e. The quantitative estimate of drug-likeness (QED) is 0.415. The molecule has 8 heteroatoms. The highest BCUT2D eigenvalue weighted by Crippen LogP contribution is 2.30. The molecule has 0 radical (unpaired) electrons. The summed E-state index contributed by atoms with van der Waals surface area (Å²) in [7, 11) is 6.11. The second-order valence-electron chi connectivity index (χ2n) is 7.99. The molecule has 0 saturated heterocycles. The Labute approximate surface area is 180 Å². The molecular weight excluding hydrogens is 396 g/mol. The van der Waals surface area contributed by atoms with Gasteiger partial charge in [0.1, 0.15) is 29.4 Å². The van der Waals surface area contributed by atoms with Gasteiger partial charge in [-0.15, -0.1) is 0 Å². The fourth-order valence-electron chi connectivity index (χ4n) is 3.57. The SMILES string of the molecule is CN(C)CCc1noc2cccc(OCCN(C)CCc3onc4cccc(O)c34)c12. The molecular formula is C23H28N4O4. The molecule has 0 atom stereocenters. The summed E-state index contributed by atoms with van der Waals surface area (Å²) in [5.74, 6) is 1.69. The third-order valence-corrected chi connectivity index (χ3v) is 5.33. The molecule has 1 N–H and O–H groups in total. The number of likely N-dealkylation sites (N-methyl/N-ethyl adjacent to an activating group) is 2. The van der Waals surface area contributed by atoms with Crippen molar-refractivity contribution in [2.75, 3.05) is 47.4 Å². The van der Waals surface area contributed by atoms with E-state index < -0.39 is 0 Å². The van der Waals surface area contributed by atoms with Crippen LogP contribution in [0.15, 0.2) is 45.4 Å². The molecule has 0 aliphatic carbocycles. The van der Waals surface area contributed by atoms with Crippen LogP contribution in [0.3, 0.4) is 0 Å². The van der Waals surface area contributed by atoms with Crippen molar-refractivity contribution in [2.45, 2.75) is 12.8 Å². The summed E-state index contributed by atoms with van der Waals surface area (Å²) in [6, 6.07) is 11.0. The molecule has 0 amide bonds. The van der Waals surface area contributed by atoms with Gasteiger partial charge in [-0.1, -0.05) is 22.4 Å². The number of aromatic hydroxyl groups is 1. The first-order valence-electron chi connectivity index (χ1n) is 10.4. The maximum atomic E-state index is 10.1. The smallest absolute Gasteiger partial charge is 0.170 e. The predicted molar refractivity (Wildman–Crippen MR) is 119 cm³/mol. The van der Waals surface area contributed by atoms with Crippen molar-refractivity contribution >= 4 is 21.9 Å². The van der Waals surface area contributed by atoms with Crippen LogP contribution in [-0.4, -0.2) is 72.6 Å². The van der Waals surface area contributed by atoms with E-state index in [1.165, 1.54) is 0 Å². The number of phenols is 1. The molecule has 4 aromatic rings. The Morgan fingerprint density at radius 2 is 1.74 bits per heavy atom. The minimum absolute atomic E-state index is 0.201. The van der Waals surface area contributed by atoms with Crippen molar-refractivity contribution in [3.05, 3.63) is 47.9 Å². The maximum absolute atomic E-state index is 10.1. The van der Waals surface area contributed by atoms with Gasteiger partial charge >= 0.3 is 0 Å². The number of rotatable bonds is 10. The monoisotopic (exact) mass is 424 g/mol. The standard InChI is InChI=1S/C23H28N4O4/c1-26(2)12-10-17-23-19(8-5-9-20(23)30-25-17)29-15-14-27(3)13-11-21-22-16(24-31-21)6-4-7-18(22)28/h4-9,28H,10-15H2,1-3H3. The van der Waals surface area contributed by atoms with E-state index in [9.17, 15) is 5.11 Å². The molecule has 0 bridgehead atoms. The Bertz CT molecular complexity index is 1150. The van der Waals surface area contributed by atoms with Gasteiger partial charge < -0.3 is 28.7 Å². The third kappa shape index (κ3) is 4.81. The zero-order valence-corrected chi connectivity index (χ0v) is 18.2. The van der Waals surface area contributed by atoms with Crippen molar-refractivity contribution in [2.24, 2.45) is 0 Å². The zero-order valence-electron chi connectivity index (χ0n) is 18.2. The number of benzene rings is 2. The molecule has 0 unspecified atom stereocenters. The Kier molecular flexibility index (Phi) is 6.39. The Morgan fingerprint density at radius 3 is 2.58 bits per heavy atom. The fourth-order valence-corrected chi connectivity index (χ4v) is 3.57. The minimum atomic E-state index is 0.201. The van der Waals surface area contributed by atoms with Crippen LogP contribution in [0.4, 0.5) is 0 Å². The number of aromatic nitrogens is 2. The summed E-state index contributed by atoms with van der Waals surface area (Å²) in [6.45, 7) is 2.93. The Hall–Kier alpha value is -3.10. The lowest BCUT2D eigenvalue weighted by atomic mass is 10.1. The molecule has 8 nitrogen and oxygen atoms in total. The second kappa shape index (κ2) is 9.36. The number of phenolic OH excluding ortho intramolecular Hbond substituents is 1. The lowest BCUT2D eigenvalue weighted by Crippen LogP contribution is -2.26. The van der Waals surface area contributed by atoms with Crippen molar-refractivity contribution in [1.29, 1.82) is 0 Å². The number of hydrogen-bond acceptors (Lipinski definition) is 8. The number of nitrogens with zero attached hydrogens (tertiary/aromatic N) is 4. The van der Waals surface area contributed by atoms with Gasteiger partial charge in [0.2, 0.25) is 0 Å². The fraction of sp³-hybridized carbons (Fsp3) is 0.391. The number of hydrogen-bond donors (Lipinski definition) is 1. The van der Waals surface area contributed by atoms with Gasteiger partial charge in [0.25, 0.3) is 0 Å². The van der Waals surface area contributed by atoms with Crippen LogP contribution >= 0.6 is 0 Å². The first-order valence-corrected chi connectivity index (χ1v) is 10.4. The lowest BCUT2D eigenvalue weighted by molar-refractivity contribution is 0.236. The van der Waals surface area contributed by atoms with Crippen molar-refractivity contribution in [3.63, 3.8) is 0 Å². The van der Waals surface area contributed by atoms with Gasteiger partial charge in [-0.3, -0.25) is 0 Å². The highest BCUT2D eigenvalue weighted by molar-refractivity contribution is 5.87. The van der Waals surface area contributed by atoms with Crippen molar-refractivity contribution in [3.8, 4) is 11.5 Å². The highest BCUT2D eigenvalue weighted by Gasteiger charge is 2.15. The number of fused-ring (bicyclic) bond motifs is 2. The van der Waals surface area contributed by atoms with Crippen LogP contribution in [0.25, 0.3) is 21.9 Å². The summed E-state index contributed by atoms with van der Waals surface area (Å²) in [5, 5.41) is 20.0. The van der Waals surface area contributed by atoms with Crippen LogP contribution in [0.2, 0.25) is 0 Å². The Morgan fingerprint density at radius 1 is 0.903 bits per heavy atom. The van der Waals surface area contributed by atoms with Gasteiger partial charge in [0.05, 0.1) is 16.5 Å². The first-order chi connectivity index (χ1) is 15.0. The summed E-state index contributed by atoms with van der Waals surface area (Å²) in [4.78, 5) is 4.28. The summed E-state index contributed by atoms with van der Waals surface area (Å²) in [6.07, 6.45) is 1.46. The van der Waals surface area contributed by atoms with E-state index in [-0.39, 0.29) is 5.75 Å². The summed E-state index contributed by atoms with van der Waals surface area (Å²) < 4.78 is 17.0. The largest absolute Gasteiger partial charge is 0.507 e. The van der Waals surface area contributed by atoms with Gasteiger partial charge in [0, 0.05) is 32.5 Å². The molecule has 0 fully saturated rings.